The minimum Gasteiger partial charge on any atom is -0.376 e. The Kier molecular flexibility index (Phi) is 5.41. The molecule has 30 heavy (non-hydrogen) atoms. The molecule has 2 aromatic carbocycles. The molecular formula is C24H29N5O. The van der Waals surface area contributed by atoms with E-state index in [0.717, 1.165) is 74.8 Å². The second-order valence-corrected chi connectivity index (χ2v) is 8.21. The minimum absolute atomic E-state index is 0.278. The predicted molar refractivity (Wildman–Crippen MR) is 123 cm³/mol. The summed E-state index contributed by atoms with van der Waals surface area (Å²) in [5.41, 5.74) is 3.57. The number of para-hydroxylation sites is 1. The van der Waals surface area contributed by atoms with Crippen molar-refractivity contribution in [2.45, 2.75) is 25.9 Å². The van der Waals surface area contributed by atoms with Crippen molar-refractivity contribution in [3.63, 3.8) is 0 Å². The van der Waals surface area contributed by atoms with Gasteiger partial charge in [-0.25, -0.2) is 4.98 Å². The maximum atomic E-state index is 5.77. The van der Waals surface area contributed by atoms with E-state index >= 15 is 0 Å². The molecule has 1 unspecified atom stereocenters. The number of hydrogen-bond donors (Lipinski definition) is 1. The lowest BCUT2D eigenvalue weighted by Crippen LogP contribution is -2.47. The molecule has 1 aromatic heterocycles. The van der Waals surface area contributed by atoms with Gasteiger partial charge in [0.2, 0.25) is 5.95 Å². The standard InChI is InChI=1S/C24H29N5O/c1-18-8-10-19(11-9-18)28-12-14-29(15-13-28)24-26-22-7-3-2-6-21(22)23(27-24)25-17-20-5-4-16-30-20/h2-3,6-11,20H,4-5,12-17H2,1H3,(H,25,26,27). The Labute approximate surface area is 177 Å². The lowest BCUT2D eigenvalue weighted by molar-refractivity contribution is 0.120. The molecule has 5 rings (SSSR count). The third-order valence-corrected chi connectivity index (χ3v) is 6.07. The molecular weight excluding hydrogens is 374 g/mol. The molecule has 0 amide bonds. The molecule has 3 aromatic rings. The van der Waals surface area contributed by atoms with Gasteiger partial charge in [-0.2, -0.15) is 4.98 Å². The monoisotopic (exact) mass is 403 g/mol. The lowest BCUT2D eigenvalue weighted by Gasteiger charge is -2.36. The van der Waals surface area contributed by atoms with E-state index < -0.39 is 0 Å². The summed E-state index contributed by atoms with van der Waals surface area (Å²) in [5, 5.41) is 4.60. The van der Waals surface area contributed by atoms with Crippen molar-refractivity contribution in [3.8, 4) is 0 Å². The molecule has 6 heteroatoms. The van der Waals surface area contributed by atoms with Crippen LogP contribution in [-0.2, 0) is 4.74 Å². The number of anilines is 3. The number of rotatable bonds is 5. The van der Waals surface area contributed by atoms with Gasteiger partial charge in [0.15, 0.2) is 0 Å². The van der Waals surface area contributed by atoms with Crippen LogP contribution in [-0.4, -0.2) is 55.4 Å². The lowest BCUT2D eigenvalue weighted by atomic mass is 10.2. The molecule has 0 aliphatic carbocycles. The highest BCUT2D eigenvalue weighted by Gasteiger charge is 2.21. The number of nitrogens with zero attached hydrogens (tertiary/aromatic N) is 4. The molecule has 6 nitrogen and oxygen atoms in total. The number of benzene rings is 2. The summed E-state index contributed by atoms with van der Waals surface area (Å²) in [7, 11) is 0. The molecule has 0 spiro atoms. The number of piperazine rings is 1. The smallest absolute Gasteiger partial charge is 0.228 e. The van der Waals surface area contributed by atoms with Crippen LogP contribution >= 0.6 is 0 Å². The topological polar surface area (TPSA) is 53.5 Å². The molecule has 1 atom stereocenters. The zero-order valence-corrected chi connectivity index (χ0v) is 17.6. The van der Waals surface area contributed by atoms with Gasteiger partial charge in [-0.05, 0) is 44.0 Å². The first-order valence-corrected chi connectivity index (χ1v) is 10.9. The van der Waals surface area contributed by atoms with Crippen LogP contribution in [0.1, 0.15) is 18.4 Å². The van der Waals surface area contributed by atoms with Gasteiger partial charge in [0, 0.05) is 50.4 Å². The van der Waals surface area contributed by atoms with Crippen molar-refractivity contribution in [3.05, 3.63) is 54.1 Å². The van der Waals surface area contributed by atoms with Crippen LogP contribution in [0.4, 0.5) is 17.5 Å². The summed E-state index contributed by atoms with van der Waals surface area (Å²) in [4.78, 5) is 14.5. The van der Waals surface area contributed by atoms with Gasteiger partial charge in [-0.1, -0.05) is 29.8 Å². The Balaban J connectivity index is 1.33. The number of aromatic nitrogens is 2. The van der Waals surface area contributed by atoms with Crippen molar-refractivity contribution in [2.24, 2.45) is 0 Å². The van der Waals surface area contributed by atoms with Crippen molar-refractivity contribution < 1.29 is 4.74 Å². The van der Waals surface area contributed by atoms with Crippen LogP contribution < -0.4 is 15.1 Å². The molecule has 2 saturated heterocycles. The van der Waals surface area contributed by atoms with Gasteiger partial charge in [0.1, 0.15) is 5.82 Å². The van der Waals surface area contributed by atoms with E-state index in [1.807, 2.05) is 12.1 Å². The molecule has 0 saturated carbocycles. The van der Waals surface area contributed by atoms with Crippen molar-refractivity contribution in [2.75, 3.05) is 54.4 Å². The quantitative estimate of drug-likeness (QED) is 0.698. The van der Waals surface area contributed by atoms with E-state index in [9.17, 15) is 0 Å². The summed E-state index contributed by atoms with van der Waals surface area (Å²) >= 11 is 0. The summed E-state index contributed by atoms with van der Waals surface area (Å²) in [5.74, 6) is 1.72. The molecule has 2 aliphatic heterocycles. The SMILES string of the molecule is Cc1ccc(N2CCN(c3nc(NCC4CCCO4)c4ccccc4n3)CC2)cc1. The average Bonchev–Trinajstić information content (AvgIpc) is 3.32. The van der Waals surface area contributed by atoms with Gasteiger partial charge in [0.05, 0.1) is 11.6 Å². The maximum absolute atomic E-state index is 5.77. The second-order valence-electron chi connectivity index (χ2n) is 8.21. The Morgan fingerprint density at radius 2 is 1.73 bits per heavy atom. The van der Waals surface area contributed by atoms with Crippen molar-refractivity contribution >= 4 is 28.4 Å². The third kappa shape index (κ3) is 4.05. The van der Waals surface area contributed by atoms with Crippen LogP contribution in [0.2, 0.25) is 0 Å². The zero-order valence-electron chi connectivity index (χ0n) is 17.6. The van der Waals surface area contributed by atoms with Crippen LogP contribution in [0, 0.1) is 6.92 Å². The van der Waals surface area contributed by atoms with E-state index in [-0.39, 0.29) is 6.10 Å². The van der Waals surface area contributed by atoms with E-state index in [1.165, 1.54) is 11.3 Å². The van der Waals surface area contributed by atoms with E-state index in [1.54, 1.807) is 0 Å². The molecule has 0 bridgehead atoms. The summed E-state index contributed by atoms with van der Waals surface area (Å²) in [6.45, 7) is 7.56. The molecule has 3 heterocycles. The first kappa shape index (κ1) is 19.1. The summed E-state index contributed by atoms with van der Waals surface area (Å²) in [6.07, 6.45) is 2.54. The zero-order chi connectivity index (χ0) is 20.3. The fourth-order valence-corrected chi connectivity index (χ4v) is 4.28. The summed E-state index contributed by atoms with van der Waals surface area (Å²) in [6, 6.07) is 17.0. The Hall–Kier alpha value is -2.86. The van der Waals surface area contributed by atoms with Gasteiger partial charge in [-0.3, -0.25) is 0 Å². The Morgan fingerprint density at radius 3 is 2.50 bits per heavy atom. The Morgan fingerprint density at radius 1 is 0.967 bits per heavy atom. The number of hydrogen-bond acceptors (Lipinski definition) is 6. The Bertz CT molecular complexity index is 992. The minimum atomic E-state index is 0.278. The van der Waals surface area contributed by atoms with Crippen molar-refractivity contribution in [1.29, 1.82) is 0 Å². The van der Waals surface area contributed by atoms with E-state index in [2.05, 4.69) is 58.4 Å². The number of fused-ring (bicyclic) bond motifs is 1. The number of nitrogens with one attached hydrogen (secondary N) is 1. The van der Waals surface area contributed by atoms with Gasteiger partial charge < -0.3 is 19.9 Å². The maximum Gasteiger partial charge on any atom is 0.228 e. The molecule has 2 aliphatic rings. The fraction of sp³-hybridized carbons (Fsp3) is 0.417. The van der Waals surface area contributed by atoms with Gasteiger partial charge >= 0.3 is 0 Å². The first-order valence-electron chi connectivity index (χ1n) is 10.9. The fourth-order valence-electron chi connectivity index (χ4n) is 4.28. The van der Waals surface area contributed by atoms with Gasteiger partial charge in [-0.15, -0.1) is 0 Å². The molecule has 0 radical (unpaired) electrons. The van der Waals surface area contributed by atoms with Crippen LogP contribution in [0.3, 0.4) is 0 Å². The normalized spacial score (nSPS) is 19.4. The molecule has 2 fully saturated rings. The van der Waals surface area contributed by atoms with E-state index in [0.29, 0.717) is 0 Å². The molecule has 156 valence electrons. The first-order chi connectivity index (χ1) is 14.8. The number of ether oxygens (including phenoxy) is 1. The van der Waals surface area contributed by atoms with Crippen LogP contribution in [0.15, 0.2) is 48.5 Å². The van der Waals surface area contributed by atoms with Crippen molar-refractivity contribution in [1.82, 2.24) is 9.97 Å². The molecule has 1 N–H and O–H groups in total. The van der Waals surface area contributed by atoms with Gasteiger partial charge in [0.25, 0.3) is 0 Å². The second kappa shape index (κ2) is 8.48. The highest BCUT2D eigenvalue weighted by Crippen LogP contribution is 2.26. The van der Waals surface area contributed by atoms with Crippen LogP contribution in [0.25, 0.3) is 10.9 Å². The summed E-state index contributed by atoms with van der Waals surface area (Å²) < 4.78 is 5.77. The third-order valence-electron chi connectivity index (χ3n) is 6.07. The average molecular weight is 404 g/mol. The predicted octanol–water partition coefficient (Wildman–Crippen LogP) is 3.86. The number of aryl methyl sites for hydroxylation is 1. The largest absolute Gasteiger partial charge is 0.376 e. The highest BCUT2D eigenvalue weighted by atomic mass is 16.5. The van der Waals surface area contributed by atoms with E-state index in [4.69, 9.17) is 14.7 Å². The highest BCUT2D eigenvalue weighted by molar-refractivity contribution is 5.90. The van der Waals surface area contributed by atoms with Crippen LogP contribution in [0.5, 0.6) is 0 Å².